The van der Waals surface area contributed by atoms with Crippen LogP contribution in [-0.4, -0.2) is 73.3 Å². The van der Waals surface area contributed by atoms with Crippen LogP contribution in [0.4, 0.5) is 5.69 Å². The van der Waals surface area contributed by atoms with Crippen molar-refractivity contribution in [2.45, 2.75) is 51.3 Å². The Kier molecular flexibility index (Phi) is 10.00. The molecule has 0 bridgehead atoms. The highest BCUT2D eigenvalue weighted by atomic mass is 32.2. The first-order valence-electron chi connectivity index (χ1n) is 15.1. The predicted octanol–water partition coefficient (Wildman–Crippen LogP) is 5.24. The molecule has 0 spiro atoms. The van der Waals surface area contributed by atoms with E-state index in [0.717, 1.165) is 17.1 Å². The molecule has 1 aromatic heterocycles. The van der Waals surface area contributed by atoms with Gasteiger partial charge in [0.05, 0.1) is 18.2 Å². The van der Waals surface area contributed by atoms with Gasteiger partial charge in [-0.1, -0.05) is 42.4 Å². The molecule has 12 heteroatoms. The van der Waals surface area contributed by atoms with Gasteiger partial charge < -0.3 is 24.0 Å². The van der Waals surface area contributed by atoms with E-state index in [9.17, 15) is 18.3 Å². The van der Waals surface area contributed by atoms with Gasteiger partial charge in [0.2, 0.25) is 0 Å². The molecule has 3 aromatic carbocycles. The molecule has 5 rings (SSSR count). The fourth-order valence-electron chi connectivity index (χ4n) is 5.54. The zero-order valence-electron chi connectivity index (χ0n) is 26.6. The minimum absolute atomic E-state index is 0.0485. The summed E-state index contributed by atoms with van der Waals surface area (Å²) < 4.78 is 46.4. The van der Waals surface area contributed by atoms with E-state index in [4.69, 9.17) is 14.0 Å². The third-order valence-electron chi connectivity index (χ3n) is 8.00. The molecular formula is C34H40N4O7S. The quantitative estimate of drug-likeness (QED) is 0.224. The van der Waals surface area contributed by atoms with Gasteiger partial charge in [0.15, 0.2) is 10.7 Å². The van der Waals surface area contributed by atoms with Crippen LogP contribution < -0.4 is 14.2 Å². The second-order valence-corrected chi connectivity index (χ2v) is 13.5. The molecule has 0 fully saturated rings. The topological polar surface area (TPSA) is 134 Å². The Labute approximate surface area is 269 Å². The number of likely N-dealkylation sites (N-methyl/N-ethyl adjacent to an activating group) is 1. The first-order valence-corrected chi connectivity index (χ1v) is 16.6. The third-order valence-corrected chi connectivity index (χ3v) is 9.62. The Balaban J connectivity index is 1.35. The fourth-order valence-corrected chi connectivity index (χ4v) is 6.92. The lowest BCUT2D eigenvalue weighted by Crippen LogP contribution is -2.49. The van der Waals surface area contributed by atoms with Gasteiger partial charge in [-0.05, 0) is 75.8 Å². The lowest BCUT2D eigenvalue weighted by molar-refractivity contribution is 0.0341. The molecule has 0 radical (unpaired) electrons. The van der Waals surface area contributed by atoms with Gasteiger partial charge in [-0.2, -0.15) is 0 Å². The summed E-state index contributed by atoms with van der Waals surface area (Å²) in [5.74, 6) is 1.60. The molecule has 1 aliphatic rings. The zero-order valence-corrected chi connectivity index (χ0v) is 27.5. The number of aliphatic hydroxyl groups excluding tert-OH is 1. The van der Waals surface area contributed by atoms with Gasteiger partial charge in [0.1, 0.15) is 29.0 Å². The lowest BCUT2D eigenvalue weighted by Gasteiger charge is -2.38. The number of carbonyl (C=O) groups is 1. The van der Waals surface area contributed by atoms with Gasteiger partial charge in [-0.25, -0.2) is 8.42 Å². The molecule has 1 amide bonds. The number of ether oxygens (including phenoxy) is 2. The van der Waals surface area contributed by atoms with E-state index in [2.05, 4.69) is 14.8 Å². The Morgan fingerprint density at radius 2 is 1.78 bits per heavy atom. The maximum Gasteiger partial charge on any atom is 0.267 e. The number of nitrogens with one attached hydrogen (secondary N) is 1. The number of fused-ring (bicyclic) bond motifs is 1. The van der Waals surface area contributed by atoms with E-state index < -0.39 is 16.1 Å². The van der Waals surface area contributed by atoms with Crippen molar-refractivity contribution in [3.05, 3.63) is 95.4 Å². The molecule has 46 heavy (non-hydrogen) atoms. The van der Waals surface area contributed by atoms with E-state index >= 15 is 0 Å². The molecule has 2 heterocycles. The zero-order chi connectivity index (χ0) is 33.0. The SMILES string of the molecule is Cc1noc(C)c1S(=O)(=O)Nc1ccc2c(c1)C(=O)N([C@H](C)CO)C[C@@H](C)[C@H](CN(C)Cc1ccc(Oc3ccccc3)cc1)O2. The first kappa shape index (κ1) is 33.0. The fraction of sp³-hybridized carbons (Fsp3) is 0.353. The number of nitrogens with zero attached hydrogens (tertiary/aromatic N) is 3. The maximum atomic E-state index is 13.8. The van der Waals surface area contributed by atoms with Crippen LogP contribution in [0.5, 0.6) is 17.2 Å². The van der Waals surface area contributed by atoms with Crippen molar-refractivity contribution >= 4 is 21.6 Å². The number of aromatic nitrogens is 1. The van der Waals surface area contributed by atoms with Crippen molar-refractivity contribution in [3.8, 4) is 17.2 Å². The van der Waals surface area contributed by atoms with Crippen LogP contribution in [0, 0.1) is 19.8 Å². The first-order chi connectivity index (χ1) is 21.9. The number of carbonyl (C=O) groups excluding carboxylic acids is 1. The van der Waals surface area contributed by atoms with Crippen LogP contribution >= 0.6 is 0 Å². The lowest BCUT2D eigenvalue weighted by atomic mass is 9.99. The number of aryl methyl sites for hydroxylation is 2. The summed E-state index contributed by atoms with van der Waals surface area (Å²) in [7, 11) is -2.03. The monoisotopic (exact) mass is 648 g/mol. The van der Waals surface area contributed by atoms with E-state index in [-0.39, 0.29) is 52.1 Å². The summed E-state index contributed by atoms with van der Waals surface area (Å²) in [6.07, 6.45) is -0.309. The largest absolute Gasteiger partial charge is 0.488 e. The van der Waals surface area contributed by atoms with Crippen molar-refractivity contribution in [1.82, 2.24) is 15.0 Å². The van der Waals surface area contributed by atoms with Crippen LogP contribution in [0.25, 0.3) is 0 Å². The summed E-state index contributed by atoms with van der Waals surface area (Å²) in [6.45, 7) is 8.21. The Bertz CT molecular complexity index is 1740. The van der Waals surface area contributed by atoms with Crippen LogP contribution in [-0.2, 0) is 16.6 Å². The molecule has 0 saturated heterocycles. The molecule has 0 aliphatic carbocycles. The Morgan fingerprint density at radius 3 is 2.43 bits per heavy atom. The highest BCUT2D eigenvalue weighted by molar-refractivity contribution is 7.92. The van der Waals surface area contributed by atoms with Crippen molar-refractivity contribution in [2.75, 3.05) is 31.5 Å². The molecule has 244 valence electrons. The Hall–Kier alpha value is -4.39. The van der Waals surface area contributed by atoms with Crippen molar-refractivity contribution < 1.29 is 32.3 Å². The number of para-hydroxylation sites is 1. The van der Waals surface area contributed by atoms with E-state index in [1.165, 1.54) is 13.0 Å². The second-order valence-electron chi connectivity index (χ2n) is 11.8. The van der Waals surface area contributed by atoms with Crippen molar-refractivity contribution in [2.24, 2.45) is 5.92 Å². The van der Waals surface area contributed by atoms with Crippen LogP contribution in [0.3, 0.4) is 0 Å². The molecule has 0 unspecified atom stereocenters. The van der Waals surface area contributed by atoms with Crippen LogP contribution in [0.2, 0.25) is 0 Å². The van der Waals surface area contributed by atoms with Crippen molar-refractivity contribution in [1.29, 1.82) is 0 Å². The number of aliphatic hydroxyl groups is 1. The standard InChI is InChI=1S/C34H40N4O7S/c1-22-18-38(23(2)21-39)34(40)30-17-27(36-46(41,42)33-24(3)35-45-25(33)4)13-16-31(30)44-32(22)20-37(5)19-26-11-14-29(15-12-26)43-28-9-7-6-8-10-28/h6-17,22-23,32,36,39H,18-21H2,1-5H3/t22-,23-,32+/m1/s1. The molecule has 11 nitrogen and oxygen atoms in total. The number of benzene rings is 3. The summed E-state index contributed by atoms with van der Waals surface area (Å²) in [5, 5.41) is 13.7. The third kappa shape index (κ3) is 7.52. The smallest absolute Gasteiger partial charge is 0.267 e. The average molecular weight is 649 g/mol. The van der Waals surface area contributed by atoms with E-state index in [0.29, 0.717) is 25.4 Å². The number of hydrogen-bond donors (Lipinski definition) is 2. The Morgan fingerprint density at radius 1 is 1.09 bits per heavy atom. The number of rotatable bonds is 11. The second kappa shape index (κ2) is 13.9. The van der Waals surface area contributed by atoms with Gasteiger partial charge >= 0.3 is 0 Å². The molecule has 1 aliphatic heterocycles. The maximum absolute atomic E-state index is 13.8. The molecule has 3 atom stereocenters. The van der Waals surface area contributed by atoms with Crippen LogP contribution in [0.15, 0.2) is 82.2 Å². The summed E-state index contributed by atoms with van der Waals surface area (Å²) >= 11 is 0. The minimum atomic E-state index is -4.04. The summed E-state index contributed by atoms with van der Waals surface area (Å²) in [5.41, 5.74) is 1.72. The van der Waals surface area contributed by atoms with Gasteiger partial charge in [-0.15, -0.1) is 0 Å². The summed E-state index contributed by atoms with van der Waals surface area (Å²) in [6, 6.07) is 21.7. The molecule has 4 aromatic rings. The van der Waals surface area contributed by atoms with Crippen LogP contribution in [0.1, 0.15) is 41.2 Å². The molecule has 0 saturated carbocycles. The minimum Gasteiger partial charge on any atom is -0.488 e. The van der Waals surface area contributed by atoms with Gasteiger partial charge in [0, 0.05) is 31.2 Å². The molecular weight excluding hydrogens is 608 g/mol. The predicted molar refractivity (Wildman–Crippen MR) is 174 cm³/mol. The number of anilines is 1. The highest BCUT2D eigenvalue weighted by Crippen LogP contribution is 2.32. The van der Waals surface area contributed by atoms with Crippen molar-refractivity contribution in [3.63, 3.8) is 0 Å². The summed E-state index contributed by atoms with van der Waals surface area (Å²) in [4.78, 5) is 17.5. The normalized spacial score (nSPS) is 17.5. The van der Waals surface area contributed by atoms with E-state index in [1.807, 2.05) is 68.6 Å². The van der Waals surface area contributed by atoms with Gasteiger partial charge in [0.25, 0.3) is 15.9 Å². The number of amides is 1. The van der Waals surface area contributed by atoms with Gasteiger partial charge in [-0.3, -0.25) is 14.4 Å². The van der Waals surface area contributed by atoms with E-state index in [1.54, 1.807) is 30.9 Å². The number of hydrogen-bond acceptors (Lipinski definition) is 9. The molecule has 2 N–H and O–H groups in total. The average Bonchev–Trinajstić information content (AvgIpc) is 3.38. The number of sulfonamides is 1. The highest BCUT2D eigenvalue weighted by Gasteiger charge is 2.34.